The number of hydrogen-bond donors (Lipinski definition) is 2. The van der Waals surface area contributed by atoms with Crippen LogP contribution in [0, 0.1) is 0 Å². The summed E-state index contributed by atoms with van der Waals surface area (Å²) >= 11 is 0. The maximum absolute atomic E-state index is 11.7. The molecule has 0 fully saturated rings. The lowest BCUT2D eigenvalue weighted by atomic mass is 9.82. The fourth-order valence-electron chi connectivity index (χ4n) is 1.68. The van der Waals surface area contributed by atoms with Crippen LogP contribution in [0.25, 0.3) is 0 Å². The summed E-state index contributed by atoms with van der Waals surface area (Å²) in [5, 5.41) is 19.0. The zero-order valence-electron chi connectivity index (χ0n) is 11.3. The van der Waals surface area contributed by atoms with Crippen molar-refractivity contribution in [1.82, 2.24) is 0 Å². The van der Waals surface area contributed by atoms with E-state index >= 15 is 0 Å². The van der Waals surface area contributed by atoms with Gasteiger partial charge in [-0.15, -0.1) is 0 Å². The van der Waals surface area contributed by atoms with Gasteiger partial charge in [0.25, 0.3) is 0 Å². The molecule has 2 unspecified atom stereocenters. The molecule has 5 heteroatoms. The van der Waals surface area contributed by atoms with Crippen molar-refractivity contribution in [2.24, 2.45) is 0 Å². The lowest BCUT2D eigenvalue weighted by Gasteiger charge is -2.13. The SMILES string of the molecule is [B]C(C)C(O)CC(=O)CCc1ccc(O)c(OC)c1. The van der Waals surface area contributed by atoms with Crippen molar-refractivity contribution < 1.29 is 19.7 Å². The zero-order valence-corrected chi connectivity index (χ0v) is 11.3. The summed E-state index contributed by atoms with van der Waals surface area (Å²) in [6.07, 6.45) is 0.160. The topological polar surface area (TPSA) is 66.8 Å². The number of aliphatic hydroxyl groups is 1. The number of Topliss-reactive ketones (excluding diaryl/α,β-unsaturated/α-hetero) is 1. The number of carbonyl (C=O) groups excluding carboxylic acids is 1. The molecule has 2 radical (unpaired) electrons. The van der Waals surface area contributed by atoms with Crippen molar-refractivity contribution in [3.8, 4) is 11.5 Å². The summed E-state index contributed by atoms with van der Waals surface area (Å²) in [7, 11) is 6.97. The van der Waals surface area contributed by atoms with Gasteiger partial charge in [-0.25, -0.2) is 0 Å². The van der Waals surface area contributed by atoms with E-state index < -0.39 is 11.9 Å². The number of hydrogen-bond acceptors (Lipinski definition) is 4. The molecule has 0 saturated carbocycles. The summed E-state index contributed by atoms with van der Waals surface area (Å²) in [6, 6.07) is 4.98. The van der Waals surface area contributed by atoms with Gasteiger partial charge < -0.3 is 14.9 Å². The number of aromatic hydroxyl groups is 1. The fraction of sp³-hybridized carbons (Fsp3) is 0.500. The fourth-order valence-corrected chi connectivity index (χ4v) is 1.68. The highest BCUT2D eigenvalue weighted by Gasteiger charge is 2.14. The second kappa shape index (κ2) is 7.19. The Balaban J connectivity index is 2.50. The van der Waals surface area contributed by atoms with Gasteiger partial charge in [0.1, 0.15) is 5.78 Å². The predicted molar refractivity (Wildman–Crippen MR) is 73.8 cm³/mol. The zero-order chi connectivity index (χ0) is 14.4. The van der Waals surface area contributed by atoms with Crippen LogP contribution in [0.15, 0.2) is 18.2 Å². The molecule has 4 nitrogen and oxygen atoms in total. The predicted octanol–water partition coefficient (Wildman–Crippen LogP) is 1.63. The maximum Gasteiger partial charge on any atom is 0.160 e. The van der Waals surface area contributed by atoms with Crippen LogP contribution >= 0.6 is 0 Å². The van der Waals surface area contributed by atoms with Crippen molar-refractivity contribution in [3.05, 3.63) is 23.8 Å². The first-order chi connectivity index (χ1) is 8.93. The van der Waals surface area contributed by atoms with Crippen LogP contribution in [0.3, 0.4) is 0 Å². The normalized spacial score (nSPS) is 13.8. The van der Waals surface area contributed by atoms with Crippen LogP contribution in [0.1, 0.15) is 25.3 Å². The van der Waals surface area contributed by atoms with E-state index in [0.29, 0.717) is 18.6 Å². The van der Waals surface area contributed by atoms with Gasteiger partial charge in [0, 0.05) is 12.8 Å². The Kier molecular flexibility index (Phi) is 5.89. The maximum atomic E-state index is 11.7. The summed E-state index contributed by atoms with van der Waals surface area (Å²) < 4.78 is 5.00. The lowest BCUT2D eigenvalue weighted by molar-refractivity contribution is -0.120. The minimum absolute atomic E-state index is 0.0307. The van der Waals surface area contributed by atoms with Gasteiger partial charge in [0.2, 0.25) is 0 Å². The first-order valence-electron chi connectivity index (χ1n) is 6.25. The number of ketones is 1. The third-order valence-corrected chi connectivity index (χ3v) is 2.98. The van der Waals surface area contributed by atoms with E-state index in [2.05, 4.69) is 0 Å². The van der Waals surface area contributed by atoms with E-state index in [9.17, 15) is 15.0 Å². The molecule has 0 amide bonds. The number of benzene rings is 1. The smallest absolute Gasteiger partial charge is 0.160 e. The summed E-state index contributed by atoms with van der Waals surface area (Å²) in [5.74, 6) is 0.0278. The van der Waals surface area contributed by atoms with Crippen molar-refractivity contribution in [1.29, 1.82) is 0 Å². The Morgan fingerprint density at radius 3 is 2.74 bits per heavy atom. The van der Waals surface area contributed by atoms with E-state index in [-0.39, 0.29) is 18.0 Å². The van der Waals surface area contributed by atoms with Gasteiger partial charge in [-0.2, -0.15) is 0 Å². The van der Waals surface area contributed by atoms with Crippen LogP contribution in [0.4, 0.5) is 0 Å². The summed E-state index contributed by atoms with van der Waals surface area (Å²) in [4.78, 5) is 11.7. The van der Waals surface area contributed by atoms with E-state index in [4.69, 9.17) is 12.6 Å². The Bertz CT molecular complexity index is 431. The number of phenolic OH excluding ortho intramolecular Hbond substituents is 1. The molecule has 0 heterocycles. The number of aryl methyl sites for hydroxylation is 1. The molecule has 0 bridgehead atoms. The molecule has 0 aliphatic heterocycles. The van der Waals surface area contributed by atoms with E-state index in [0.717, 1.165) is 5.56 Å². The molecular weight excluding hydrogens is 243 g/mol. The number of methoxy groups -OCH3 is 1. The van der Waals surface area contributed by atoms with Gasteiger partial charge in [-0.3, -0.25) is 4.79 Å². The van der Waals surface area contributed by atoms with Gasteiger partial charge in [0.15, 0.2) is 11.5 Å². The first kappa shape index (κ1) is 15.6. The average Bonchev–Trinajstić information content (AvgIpc) is 2.37. The number of phenols is 1. The molecule has 19 heavy (non-hydrogen) atoms. The largest absolute Gasteiger partial charge is 0.504 e. The quantitative estimate of drug-likeness (QED) is 0.733. The highest BCUT2D eigenvalue weighted by molar-refractivity contribution is 6.11. The second-order valence-corrected chi connectivity index (χ2v) is 4.68. The summed E-state index contributed by atoms with van der Waals surface area (Å²) in [5.41, 5.74) is 0.901. The molecule has 0 saturated heterocycles. The monoisotopic (exact) mass is 262 g/mol. The van der Waals surface area contributed by atoms with Crippen molar-refractivity contribution in [2.45, 2.75) is 38.1 Å². The van der Waals surface area contributed by atoms with Crippen LogP contribution in [0.5, 0.6) is 11.5 Å². The molecule has 102 valence electrons. The molecule has 2 N–H and O–H groups in total. The molecule has 1 aromatic rings. The van der Waals surface area contributed by atoms with E-state index in [1.165, 1.54) is 13.2 Å². The minimum Gasteiger partial charge on any atom is -0.504 e. The number of carbonyl (C=O) groups is 1. The van der Waals surface area contributed by atoms with E-state index in [1.54, 1.807) is 19.1 Å². The number of ether oxygens (including phenoxy) is 1. The Labute approximate surface area is 114 Å². The molecule has 0 aliphatic carbocycles. The summed E-state index contributed by atoms with van der Waals surface area (Å²) in [6.45, 7) is 1.67. The van der Waals surface area contributed by atoms with Crippen molar-refractivity contribution in [2.75, 3.05) is 7.11 Å². The Morgan fingerprint density at radius 1 is 1.47 bits per heavy atom. The molecule has 0 spiro atoms. The standard InChI is InChI=1S/C14H19BO4/c1-9(15)13(18)8-11(16)5-3-10-4-6-12(17)14(7-10)19-2/h4,6-7,9,13,17-18H,3,5,8H2,1-2H3. The van der Waals surface area contributed by atoms with Gasteiger partial charge >= 0.3 is 0 Å². The van der Waals surface area contributed by atoms with Crippen LogP contribution in [0.2, 0.25) is 5.82 Å². The Morgan fingerprint density at radius 2 is 2.16 bits per heavy atom. The minimum atomic E-state index is -0.790. The molecular formula is C14H19BO4. The lowest BCUT2D eigenvalue weighted by Crippen LogP contribution is -2.18. The van der Waals surface area contributed by atoms with Crippen LogP contribution in [-0.2, 0) is 11.2 Å². The number of aliphatic hydroxyl groups excluding tert-OH is 1. The molecule has 2 atom stereocenters. The van der Waals surface area contributed by atoms with Crippen LogP contribution < -0.4 is 4.74 Å². The van der Waals surface area contributed by atoms with Gasteiger partial charge in [-0.1, -0.05) is 18.8 Å². The third kappa shape index (κ3) is 4.95. The van der Waals surface area contributed by atoms with E-state index in [1.807, 2.05) is 0 Å². The number of rotatable bonds is 7. The van der Waals surface area contributed by atoms with Crippen molar-refractivity contribution >= 4 is 13.6 Å². The molecule has 0 aromatic heterocycles. The highest BCUT2D eigenvalue weighted by Crippen LogP contribution is 2.26. The average molecular weight is 262 g/mol. The molecule has 1 rings (SSSR count). The highest BCUT2D eigenvalue weighted by atomic mass is 16.5. The van der Waals surface area contributed by atoms with Gasteiger partial charge in [0.05, 0.1) is 21.1 Å². The van der Waals surface area contributed by atoms with Gasteiger partial charge in [-0.05, 0) is 24.1 Å². The van der Waals surface area contributed by atoms with Crippen molar-refractivity contribution in [3.63, 3.8) is 0 Å². The molecule has 1 aromatic carbocycles. The third-order valence-electron chi connectivity index (χ3n) is 2.98. The Hall–Kier alpha value is -1.49. The van der Waals surface area contributed by atoms with Crippen LogP contribution in [-0.4, -0.2) is 37.1 Å². The first-order valence-corrected chi connectivity index (χ1v) is 6.25. The molecule has 0 aliphatic rings. The second-order valence-electron chi connectivity index (χ2n) is 4.68.